The maximum atomic E-state index is 11.3. The summed E-state index contributed by atoms with van der Waals surface area (Å²) in [5, 5.41) is 14.5. The zero-order chi connectivity index (χ0) is 16.5. The molecular weight excluding hydrogens is 314 g/mol. The Morgan fingerprint density at radius 1 is 1.55 bits per heavy atom. The van der Waals surface area contributed by atoms with Crippen molar-refractivity contribution in [3.05, 3.63) is 27.8 Å². The van der Waals surface area contributed by atoms with Gasteiger partial charge in [0.05, 0.1) is 5.01 Å². The van der Waals surface area contributed by atoms with E-state index in [9.17, 15) is 14.4 Å². The normalized spacial score (nSPS) is 11.5. The summed E-state index contributed by atoms with van der Waals surface area (Å²) in [6.45, 7) is 1.77. The Labute approximate surface area is 130 Å². The van der Waals surface area contributed by atoms with Crippen LogP contribution in [0.2, 0.25) is 0 Å². The minimum atomic E-state index is -1.42. The van der Waals surface area contributed by atoms with Crippen molar-refractivity contribution in [2.75, 3.05) is 0 Å². The van der Waals surface area contributed by atoms with E-state index >= 15 is 0 Å². The first-order valence-corrected chi connectivity index (χ1v) is 6.32. The van der Waals surface area contributed by atoms with Crippen molar-refractivity contribution < 1.29 is 33.6 Å². The molecule has 0 atom stereocenters. The Bertz CT molecular complexity index is 629. The van der Waals surface area contributed by atoms with Crippen LogP contribution in [0.25, 0.3) is 0 Å². The largest absolute Gasteiger partial charge is 0.538 e. The summed E-state index contributed by atoms with van der Waals surface area (Å²) in [6.07, 6.45) is 0. The van der Waals surface area contributed by atoms with Gasteiger partial charge in [-0.05, 0) is 12.9 Å². The number of aromatic nitrogens is 1. The molecule has 0 aliphatic carbocycles. The molecular formula is C10H7B2N2O7S. The molecule has 0 saturated carbocycles. The van der Waals surface area contributed by atoms with Crippen LogP contribution in [0, 0.1) is 6.92 Å². The van der Waals surface area contributed by atoms with E-state index in [1.54, 1.807) is 6.92 Å². The van der Waals surface area contributed by atoms with Crippen LogP contribution in [0.4, 0.5) is 0 Å². The highest BCUT2D eigenvalue weighted by atomic mass is 32.1. The number of oxime groups is 1. The topological polar surface area (TPSA) is 124 Å². The van der Waals surface area contributed by atoms with Gasteiger partial charge in [0.25, 0.3) is 6.47 Å². The van der Waals surface area contributed by atoms with Gasteiger partial charge in [-0.2, -0.15) is 0 Å². The van der Waals surface area contributed by atoms with Crippen LogP contribution in [0.15, 0.2) is 22.3 Å². The maximum absolute atomic E-state index is 11.3. The summed E-state index contributed by atoms with van der Waals surface area (Å²) in [5.41, 5.74) is -0.472. The molecule has 1 N–H and O–H groups in total. The number of carbonyl (C=O) groups excluding carboxylic acids is 2. The van der Waals surface area contributed by atoms with Crippen LogP contribution in [-0.4, -0.2) is 49.7 Å². The Balaban J connectivity index is 2.98. The molecule has 0 saturated heterocycles. The number of aliphatic carboxylic acids is 1. The molecule has 12 heteroatoms. The maximum Gasteiger partial charge on any atom is 0.408 e. The number of thiazole rings is 1. The van der Waals surface area contributed by atoms with Gasteiger partial charge in [0.2, 0.25) is 11.5 Å². The van der Waals surface area contributed by atoms with Gasteiger partial charge in [-0.15, -0.1) is 11.3 Å². The fourth-order valence-corrected chi connectivity index (χ4v) is 1.69. The second-order valence-electron chi connectivity index (χ2n) is 3.39. The van der Waals surface area contributed by atoms with Crippen molar-refractivity contribution in [2.24, 2.45) is 5.16 Å². The second kappa shape index (κ2) is 8.62. The molecule has 0 unspecified atom stereocenters. The average Bonchev–Trinajstić information content (AvgIpc) is 2.91. The predicted molar refractivity (Wildman–Crippen MR) is 74.9 cm³/mol. The lowest BCUT2D eigenvalue weighted by Crippen LogP contribution is -2.17. The number of rotatable bonds is 8. The smallest absolute Gasteiger partial charge is 0.408 e. The van der Waals surface area contributed by atoms with Crippen LogP contribution >= 0.6 is 11.3 Å². The van der Waals surface area contributed by atoms with Gasteiger partial charge < -0.3 is 19.3 Å². The van der Waals surface area contributed by atoms with Crippen molar-refractivity contribution in [3.63, 3.8) is 0 Å². The molecule has 111 valence electrons. The van der Waals surface area contributed by atoms with E-state index in [0.29, 0.717) is 5.01 Å². The summed E-state index contributed by atoms with van der Waals surface area (Å²) in [4.78, 5) is 41.0. The van der Waals surface area contributed by atoms with Crippen molar-refractivity contribution in [2.45, 2.75) is 6.92 Å². The first-order valence-electron chi connectivity index (χ1n) is 5.44. The fourth-order valence-electron chi connectivity index (χ4n) is 1.09. The van der Waals surface area contributed by atoms with Crippen molar-refractivity contribution >= 4 is 51.0 Å². The molecule has 0 amide bonds. The molecule has 1 heterocycles. The SMILES string of the molecule is [B]OC(=O)/C(=C\[B]OC=O)O/N=C(\C(=O)O)c1csc(C)n1. The second-order valence-corrected chi connectivity index (χ2v) is 4.45. The minimum Gasteiger partial charge on any atom is -0.538 e. The number of carboxylic acids is 1. The number of nitrogens with zero attached hydrogens (tertiary/aromatic N) is 2. The third kappa shape index (κ3) is 5.05. The minimum absolute atomic E-state index is 0.0589. The quantitative estimate of drug-likeness (QED) is 0.129. The molecule has 0 aromatic carbocycles. The highest BCUT2D eigenvalue weighted by Crippen LogP contribution is 2.11. The molecule has 1 rings (SSSR count). The standard InChI is InChI=1S/C10H7B2N2O7S/c1-5-13-6(3-22-5)8(9(16)17)14-21-7(10(18)20-11)2-12-19-4-15/h2-4H,1H3,(H,16,17)/b7-2+,14-8-. The van der Waals surface area contributed by atoms with Gasteiger partial charge >= 0.3 is 27.5 Å². The zero-order valence-corrected chi connectivity index (χ0v) is 11.9. The fraction of sp³-hybridized carbons (Fsp3) is 0.100. The number of hydrogen-bond donors (Lipinski definition) is 1. The Kier molecular flexibility index (Phi) is 6.83. The van der Waals surface area contributed by atoms with Gasteiger partial charge in [0.1, 0.15) is 5.69 Å². The van der Waals surface area contributed by atoms with Crippen LogP contribution in [0.5, 0.6) is 0 Å². The van der Waals surface area contributed by atoms with Crippen molar-refractivity contribution in [1.29, 1.82) is 0 Å². The van der Waals surface area contributed by atoms with E-state index in [2.05, 4.69) is 32.3 Å². The Hall–Kier alpha value is -2.62. The zero-order valence-electron chi connectivity index (χ0n) is 11.1. The number of carboxylic acid groups (broad SMARTS) is 1. The van der Waals surface area contributed by atoms with Crippen LogP contribution in [-0.2, 0) is 28.5 Å². The van der Waals surface area contributed by atoms with Crippen molar-refractivity contribution in [3.8, 4) is 0 Å². The molecule has 0 aliphatic rings. The Morgan fingerprint density at radius 2 is 2.27 bits per heavy atom. The van der Waals surface area contributed by atoms with Gasteiger partial charge in [-0.3, -0.25) is 4.79 Å². The van der Waals surface area contributed by atoms with E-state index in [-0.39, 0.29) is 12.2 Å². The third-order valence-corrected chi connectivity index (χ3v) is 2.73. The summed E-state index contributed by atoms with van der Waals surface area (Å²) < 4.78 is 8.13. The number of hydrogen-bond acceptors (Lipinski definition) is 9. The molecule has 9 nitrogen and oxygen atoms in total. The monoisotopic (exact) mass is 321 g/mol. The van der Waals surface area contributed by atoms with Crippen molar-refractivity contribution in [1.82, 2.24) is 4.98 Å². The third-order valence-electron chi connectivity index (χ3n) is 1.96. The molecule has 1 aromatic heterocycles. The summed E-state index contributed by atoms with van der Waals surface area (Å²) in [6, 6.07) is 0. The highest BCUT2D eigenvalue weighted by molar-refractivity contribution is 7.09. The molecule has 22 heavy (non-hydrogen) atoms. The molecule has 0 fully saturated rings. The van der Waals surface area contributed by atoms with E-state index in [0.717, 1.165) is 13.5 Å². The lowest BCUT2D eigenvalue weighted by Gasteiger charge is -2.04. The Morgan fingerprint density at radius 3 is 2.77 bits per heavy atom. The van der Waals surface area contributed by atoms with Crippen LogP contribution < -0.4 is 0 Å². The molecule has 0 spiro atoms. The van der Waals surface area contributed by atoms with E-state index in [4.69, 9.17) is 5.11 Å². The first-order chi connectivity index (χ1) is 10.5. The van der Waals surface area contributed by atoms with E-state index in [1.807, 2.05) is 0 Å². The predicted octanol–water partition coefficient (Wildman–Crippen LogP) is -0.483. The lowest BCUT2D eigenvalue weighted by atomic mass is 10.0. The highest BCUT2D eigenvalue weighted by Gasteiger charge is 2.19. The summed E-state index contributed by atoms with van der Waals surface area (Å²) in [7, 11) is 5.48. The number of carbonyl (C=O) groups is 3. The molecule has 3 radical (unpaired) electrons. The number of aryl methyl sites for hydroxylation is 1. The molecule has 0 bridgehead atoms. The van der Waals surface area contributed by atoms with E-state index in [1.165, 1.54) is 16.7 Å². The molecule has 1 aromatic rings. The van der Waals surface area contributed by atoms with Gasteiger partial charge in [-0.25, -0.2) is 14.6 Å². The van der Waals surface area contributed by atoms with Gasteiger partial charge in [0, 0.05) is 5.38 Å². The van der Waals surface area contributed by atoms with Gasteiger partial charge in [-0.1, -0.05) is 5.16 Å². The van der Waals surface area contributed by atoms with E-state index < -0.39 is 23.4 Å². The molecule has 0 aliphatic heterocycles. The van der Waals surface area contributed by atoms with Crippen LogP contribution in [0.3, 0.4) is 0 Å². The lowest BCUT2D eigenvalue weighted by molar-refractivity contribution is -0.134. The average molecular weight is 321 g/mol. The first kappa shape index (κ1) is 17.4. The van der Waals surface area contributed by atoms with Crippen LogP contribution in [0.1, 0.15) is 10.7 Å². The summed E-state index contributed by atoms with van der Waals surface area (Å²) >= 11 is 1.21. The summed E-state index contributed by atoms with van der Waals surface area (Å²) in [5.74, 6) is -2.30. The van der Waals surface area contributed by atoms with Gasteiger partial charge in [0.15, 0.2) is 0 Å².